The lowest BCUT2D eigenvalue weighted by Gasteiger charge is -2.09. The number of rotatable bonds is 3. The van der Waals surface area contributed by atoms with Gasteiger partial charge in [0.15, 0.2) is 0 Å². The van der Waals surface area contributed by atoms with Crippen molar-refractivity contribution in [1.29, 1.82) is 0 Å². The maximum absolute atomic E-state index is 5.72. The van der Waals surface area contributed by atoms with Crippen molar-refractivity contribution in [3.8, 4) is 11.5 Å². The highest BCUT2D eigenvalue weighted by Gasteiger charge is 2.02. The highest BCUT2D eigenvalue weighted by molar-refractivity contribution is 5.44. The fourth-order valence-electron chi connectivity index (χ4n) is 1.43. The molecule has 3 heteroatoms. The van der Waals surface area contributed by atoms with Gasteiger partial charge in [0.25, 0.3) is 0 Å². The summed E-state index contributed by atoms with van der Waals surface area (Å²) in [5.41, 5.74) is 12.9. The lowest BCUT2D eigenvalue weighted by molar-refractivity contribution is 0.476. The number of hydrogen-bond donors (Lipinski definition) is 2. The summed E-state index contributed by atoms with van der Waals surface area (Å²) >= 11 is 0. The Morgan fingerprint density at radius 2 is 1.62 bits per heavy atom. The molecule has 0 spiro atoms. The van der Waals surface area contributed by atoms with Gasteiger partial charge in [0, 0.05) is 17.8 Å². The van der Waals surface area contributed by atoms with E-state index in [0.29, 0.717) is 6.54 Å². The summed E-state index contributed by atoms with van der Waals surface area (Å²) in [6.45, 7) is 0.463. The van der Waals surface area contributed by atoms with E-state index in [1.54, 1.807) is 12.1 Å². The average molecular weight is 214 g/mol. The van der Waals surface area contributed by atoms with E-state index in [2.05, 4.69) is 0 Å². The number of para-hydroxylation sites is 1. The van der Waals surface area contributed by atoms with Gasteiger partial charge in [-0.25, -0.2) is 0 Å². The third-order valence-electron chi connectivity index (χ3n) is 2.30. The first-order valence-electron chi connectivity index (χ1n) is 5.11. The van der Waals surface area contributed by atoms with Crippen molar-refractivity contribution >= 4 is 5.69 Å². The van der Waals surface area contributed by atoms with Gasteiger partial charge in [-0.1, -0.05) is 18.2 Å². The van der Waals surface area contributed by atoms with Crippen LogP contribution in [0, 0.1) is 0 Å². The van der Waals surface area contributed by atoms with E-state index >= 15 is 0 Å². The molecule has 0 bridgehead atoms. The second-order valence-corrected chi connectivity index (χ2v) is 3.48. The van der Waals surface area contributed by atoms with Gasteiger partial charge >= 0.3 is 0 Å². The van der Waals surface area contributed by atoms with Crippen LogP contribution in [0.5, 0.6) is 11.5 Å². The van der Waals surface area contributed by atoms with Crippen LogP contribution in [-0.4, -0.2) is 0 Å². The molecule has 0 fully saturated rings. The van der Waals surface area contributed by atoms with E-state index in [1.165, 1.54) is 0 Å². The van der Waals surface area contributed by atoms with Gasteiger partial charge in [-0.3, -0.25) is 0 Å². The minimum Gasteiger partial charge on any atom is -0.457 e. The maximum Gasteiger partial charge on any atom is 0.131 e. The molecule has 0 heterocycles. The standard InChI is InChI=1S/C13H14N2O/c14-9-10-3-1-2-4-13(10)16-12-7-5-11(15)6-8-12/h1-8H,9,14-15H2. The Balaban J connectivity index is 2.23. The van der Waals surface area contributed by atoms with Gasteiger partial charge in [0.1, 0.15) is 11.5 Å². The highest BCUT2D eigenvalue weighted by atomic mass is 16.5. The predicted octanol–water partition coefficient (Wildman–Crippen LogP) is 2.52. The van der Waals surface area contributed by atoms with Crippen molar-refractivity contribution in [2.24, 2.45) is 5.73 Å². The molecular weight excluding hydrogens is 200 g/mol. The van der Waals surface area contributed by atoms with Crippen LogP contribution in [0.3, 0.4) is 0 Å². The number of anilines is 1. The summed E-state index contributed by atoms with van der Waals surface area (Å²) in [6, 6.07) is 15.0. The van der Waals surface area contributed by atoms with Gasteiger partial charge < -0.3 is 16.2 Å². The molecule has 4 N–H and O–H groups in total. The maximum atomic E-state index is 5.72. The van der Waals surface area contributed by atoms with Gasteiger partial charge in [-0.05, 0) is 30.3 Å². The number of nitrogen functional groups attached to an aromatic ring is 1. The third kappa shape index (κ3) is 2.32. The van der Waals surface area contributed by atoms with Gasteiger partial charge in [-0.2, -0.15) is 0 Å². The van der Waals surface area contributed by atoms with Crippen LogP contribution < -0.4 is 16.2 Å². The summed E-state index contributed by atoms with van der Waals surface area (Å²) in [6.07, 6.45) is 0. The third-order valence-corrected chi connectivity index (χ3v) is 2.30. The van der Waals surface area contributed by atoms with E-state index in [-0.39, 0.29) is 0 Å². The second kappa shape index (κ2) is 4.68. The number of ether oxygens (including phenoxy) is 1. The Kier molecular flexibility index (Phi) is 3.08. The molecule has 0 aliphatic rings. The molecule has 0 aliphatic carbocycles. The van der Waals surface area contributed by atoms with E-state index in [9.17, 15) is 0 Å². The van der Waals surface area contributed by atoms with Gasteiger partial charge in [0.2, 0.25) is 0 Å². The van der Waals surface area contributed by atoms with Crippen molar-refractivity contribution in [3.63, 3.8) is 0 Å². The summed E-state index contributed by atoms with van der Waals surface area (Å²) < 4.78 is 5.72. The lowest BCUT2D eigenvalue weighted by atomic mass is 10.2. The van der Waals surface area contributed by atoms with Crippen LogP contribution >= 0.6 is 0 Å². The summed E-state index contributed by atoms with van der Waals surface area (Å²) in [5.74, 6) is 1.55. The van der Waals surface area contributed by atoms with E-state index in [0.717, 1.165) is 22.7 Å². The minimum atomic E-state index is 0.463. The van der Waals surface area contributed by atoms with Crippen molar-refractivity contribution in [3.05, 3.63) is 54.1 Å². The van der Waals surface area contributed by atoms with Crippen LogP contribution in [0.2, 0.25) is 0 Å². The molecule has 2 aromatic carbocycles. The smallest absolute Gasteiger partial charge is 0.131 e. The predicted molar refractivity (Wildman–Crippen MR) is 65.3 cm³/mol. The molecule has 0 radical (unpaired) electrons. The molecule has 0 saturated carbocycles. The van der Waals surface area contributed by atoms with Gasteiger partial charge in [0.05, 0.1) is 0 Å². The molecule has 0 aromatic heterocycles. The normalized spacial score (nSPS) is 10.1. The van der Waals surface area contributed by atoms with E-state index < -0.39 is 0 Å². The number of nitrogens with two attached hydrogens (primary N) is 2. The molecule has 0 unspecified atom stereocenters. The summed E-state index contributed by atoms with van der Waals surface area (Å²) in [7, 11) is 0. The molecule has 0 saturated heterocycles. The van der Waals surface area contributed by atoms with Crippen molar-refractivity contribution in [2.75, 3.05) is 5.73 Å². The van der Waals surface area contributed by atoms with Crippen LogP contribution in [0.25, 0.3) is 0 Å². The molecule has 2 rings (SSSR count). The molecular formula is C13H14N2O. The van der Waals surface area contributed by atoms with Crippen molar-refractivity contribution in [2.45, 2.75) is 6.54 Å². The SMILES string of the molecule is NCc1ccccc1Oc1ccc(N)cc1. The zero-order valence-corrected chi connectivity index (χ0v) is 8.89. The number of hydrogen-bond acceptors (Lipinski definition) is 3. The largest absolute Gasteiger partial charge is 0.457 e. The zero-order chi connectivity index (χ0) is 11.4. The van der Waals surface area contributed by atoms with E-state index in [1.807, 2.05) is 36.4 Å². The zero-order valence-electron chi connectivity index (χ0n) is 8.89. The molecule has 2 aromatic rings. The molecule has 82 valence electrons. The fraction of sp³-hybridized carbons (Fsp3) is 0.0769. The molecule has 3 nitrogen and oxygen atoms in total. The van der Waals surface area contributed by atoms with Gasteiger partial charge in [-0.15, -0.1) is 0 Å². The Bertz CT molecular complexity index is 466. The second-order valence-electron chi connectivity index (χ2n) is 3.48. The lowest BCUT2D eigenvalue weighted by Crippen LogP contribution is -1.99. The monoisotopic (exact) mass is 214 g/mol. The average Bonchev–Trinajstić information content (AvgIpc) is 2.33. The first-order valence-corrected chi connectivity index (χ1v) is 5.11. The minimum absolute atomic E-state index is 0.463. The molecule has 0 aliphatic heterocycles. The van der Waals surface area contributed by atoms with Crippen molar-refractivity contribution in [1.82, 2.24) is 0 Å². The Labute approximate surface area is 94.6 Å². The topological polar surface area (TPSA) is 61.3 Å². The quantitative estimate of drug-likeness (QED) is 0.772. The van der Waals surface area contributed by atoms with E-state index in [4.69, 9.17) is 16.2 Å². The molecule has 0 atom stereocenters. The summed E-state index contributed by atoms with van der Waals surface area (Å²) in [4.78, 5) is 0. The first-order chi connectivity index (χ1) is 7.79. The number of benzene rings is 2. The Hall–Kier alpha value is -2.00. The first kappa shape index (κ1) is 10.5. The fourth-order valence-corrected chi connectivity index (χ4v) is 1.43. The van der Waals surface area contributed by atoms with Crippen LogP contribution in [-0.2, 0) is 6.54 Å². The van der Waals surface area contributed by atoms with Crippen LogP contribution in [0.1, 0.15) is 5.56 Å². The van der Waals surface area contributed by atoms with Crippen molar-refractivity contribution < 1.29 is 4.74 Å². The highest BCUT2D eigenvalue weighted by Crippen LogP contribution is 2.25. The van der Waals surface area contributed by atoms with Crippen LogP contribution in [0.4, 0.5) is 5.69 Å². The molecule has 16 heavy (non-hydrogen) atoms. The Morgan fingerprint density at radius 1 is 0.938 bits per heavy atom. The summed E-state index contributed by atoms with van der Waals surface area (Å²) in [5, 5.41) is 0. The Morgan fingerprint density at radius 3 is 2.31 bits per heavy atom. The molecule has 0 amide bonds. The van der Waals surface area contributed by atoms with Crippen LogP contribution in [0.15, 0.2) is 48.5 Å².